The molecule has 4 aromatic rings. The number of hydrogen-bond donors (Lipinski definition) is 4. The summed E-state index contributed by atoms with van der Waals surface area (Å²) in [6.07, 6.45) is 1.43. The first-order chi connectivity index (χ1) is 14.2. The van der Waals surface area contributed by atoms with Crippen molar-refractivity contribution in [1.82, 2.24) is 25.1 Å². The number of rotatable bonds is 7. The monoisotopic (exact) mass is 390 g/mol. The molecule has 10 heteroatoms. The van der Waals surface area contributed by atoms with Gasteiger partial charge in [-0.1, -0.05) is 42.5 Å². The van der Waals surface area contributed by atoms with E-state index in [9.17, 15) is 10.0 Å². The average molecular weight is 390 g/mol. The molecule has 0 saturated heterocycles. The van der Waals surface area contributed by atoms with Crippen LogP contribution in [-0.2, 0) is 17.9 Å². The van der Waals surface area contributed by atoms with Crippen LogP contribution in [0.3, 0.4) is 0 Å². The summed E-state index contributed by atoms with van der Waals surface area (Å²) in [5.41, 5.74) is 3.79. The minimum absolute atomic E-state index is 0.403. The van der Waals surface area contributed by atoms with Crippen molar-refractivity contribution in [3.8, 4) is 11.5 Å². The molecule has 2 heterocycles. The molecule has 9 nitrogen and oxygen atoms in total. The Bertz CT molecular complexity index is 1130. The quantitative estimate of drug-likeness (QED) is 0.342. The highest BCUT2D eigenvalue weighted by atomic mass is 16.5. The molecule has 0 amide bonds. The fourth-order valence-corrected chi connectivity index (χ4v) is 3.09. The third-order valence-electron chi connectivity index (χ3n) is 4.46. The Morgan fingerprint density at radius 1 is 1.14 bits per heavy atom. The lowest BCUT2D eigenvalue weighted by molar-refractivity contribution is 0.186. The number of benzene rings is 2. The number of anilines is 1. The van der Waals surface area contributed by atoms with Crippen LogP contribution in [0, 0.1) is 0 Å². The predicted octanol–water partition coefficient (Wildman–Crippen LogP) is 0.853. The van der Waals surface area contributed by atoms with Crippen LogP contribution in [0.1, 0.15) is 11.1 Å². The number of H-pyrrole nitrogens is 1. The first-order valence-corrected chi connectivity index (χ1v) is 8.99. The van der Waals surface area contributed by atoms with Crippen LogP contribution in [0.4, 0.5) is 5.95 Å². The highest BCUT2D eigenvalue weighted by Gasteiger charge is 2.14. The molecule has 0 fully saturated rings. The van der Waals surface area contributed by atoms with Gasteiger partial charge in [0.25, 0.3) is 0 Å². The normalized spacial score (nSPS) is 11.0. The summed E-state index contributed by atoms with van der Waals surface area (Å²) < 4.78 is 5.23. The van der Waals surface area contributed by atoms with E-state index >= 15 is 0 Å². The van der Waals surface area contributed by atoms with Gasteiger partial charge in [-0.25, -0.2) is 9.97 Å². The van der Waals surface area contributed by atoms with Gasteiger partial charge in [-0.2, -0.15) is 10.1 Å². The zero-order valence-corrected chi connectivity index (χ0v) is 15.7. The maximum Gasteiger partial charge on any atom is 0.488 e. The molecule has 0 bridgehead atoms. The summed E-state index contributed by atoms with van der Waals surface area (Å²) in [6, 6.07) is 12.9. The molecule has 4 N–H and O–H groups in total. The predicted molar refractivity (Wildman–Crippen MR) is 109 cm³/mol. The van der Waals surface area contributed by atoms with Gasteiger partial charge in [-0.3, -0.25) is 5.10 Å². The number of nitrogens with zero attached hydrogens (tertiary/aromatic N) is 4. The molecule has 0 atom stereocenters. The molecule has 4 rings (SSSR count). The summed E-state index contributed by atoms with van der Waals surface area (Å²) in [4.78, 5) is 12.9. The largest absolute Gasteiger partial charge is 0.488 e. The topological polar surface area (TPSA) is 129 Å². The minimum Gasteiger partial charge on any atom is -0.423 e. The van der Waals surface area contributed by atoms with Crippen LogP contribution >= 0.6 is 0 Å². The number of fused-ring (bicyclic) bond motifs is 1. The Balaban J connectivity index is 1.57. The molecular formula is C19H19BN6O3. The lowest BCUT2D eigenvalue weighted by atomic mass is 9.80. The van der Waals surface area contributed by atoms with Gasteiger partial charge in [0.15, 0.2) is 5.82 Å². The highest BCUT2D eigenvalue weighted by Crippen LogP contribution is 2.26. The number of aromatic nitrogens is 5. The van der Waals surface area contributed by atoms with E-state index in [-0.39, 0.29) is 0 Å². The summed E-state index contributed by atoms with van der Waals surface area (Å²) in [6.45, 7) is 0.888. The van der Waals surface area contributed by atoms with Crippen molar-refractivity contribution in [2.24, 2.45) is 0 Å². The van der Waals surface area contributed by atoms with Crippen LogP contribution < -0.4 is 10.8 Å². The van der Waals surface area contributed by atoms with Crippen LogP contribution in [0.15, 0.2) is 48.8 Å². The molecule has 0 aliphatic heterocycles. The SMILES string of the molecule is COCc1cccc2c(-c3ncnc(NCc4cccc(B(O)O)c4)n3)[nH]nc12. The third-order valence-corrected chi connectivity index (χ3v) is 4.46. The Morgan fingerprint density at radius 2 is 2.00 bits per heavy atom. The fourth-order valence-electron chi connectivity index (χ4n) is 3.09. The first kappa shape index (κ1) is 19.0. The molecule has 0 unspecified atom stereocenters. The van der Waals surface area contributed by atoms with Crippen molar-refractivity contribution in [2.75, 3.05) is 12.4 Å². The van der Waals surface area contributed by atoms with Gasteiger partial charge >= 0.3 is 7.12 Å². The first-order valence-electron chi connectivity index (χ1n) is 8.99. The molecule has 0 aliphatic carbocycles. The molecule has 2 aromatic carbocycles. The number of hydrogen-bond acceptors (Lipinski definition) is 8. The lowest BCUT2D eigenvalue weighted by Crippen LogP contribution is -2.30. The molecule has 146 valence electrons. The second-order valence-electron chi connectivity index (χ2n) is 6.45. The number of methoxy groups -OCH3 is 1. The second-order valence-corrected chi connectivity index (χ2v) is 6.45. The molecule has 29 heavy (non-hydrogen) atoms. The maximum atomic E-state index is 9.30. The summed E-state index contributed by atoms with van der Waals surface area (Å²) in [7, 11) is 0.142. The van der Waals surface area contributed by atoms with Crippen molar-refractivity contribution in [3.05, 3.63) is 59.9 Å². The Kier molecular flexibility index (Phi) is 5.47. The third kappa shape index (κ3) is 4.09. The molecular weight excluding hydrogens is 371 g/mol. The van der Waals surface area contributed by atoms with E-state index in [1.165, 1.54) is 6.33 Å². The van der Waals surface area contributed by atoms with Crippen LogP contribution in [0.2, 0.25) is 0 Å². The second kappa shape index (κ2) is 8.35. The van der Waals surface area contributed by atoms with Gasteiger partial charge in [0, 0.05) is 24.6 Å². The Morgan fingerprint density at radius 3 is 2.83 bits per heavy atom. The summed E-state index contributed by atoms with van der Waals surface area (Å²) >= 11 is 0. The van der Waals surface area contributed by atoms with Gasteiger partial charge in [0.2, 0.25) is 5.95 Å². The number of para-hydroxylation sites is 1. The van der Waals surface area contributed by atoms with Crippen LogP contribution in [0.25, 0.3) is 22.4 Å². The highest BCUT2D eigenvalue weighted by molar-refractivity contribution is 6.58. The van der Waals surface area contributed by atoms with Gasteiger partial charge in [0.05, 0.1) is 12.1 Å². The van der Waals surface area contributed by atoms with Crippen molar-refractivity contribution in [3.63, 3.8) is 0 Å². The zero-order valence-electron chi connectivity index (χ0n) is 15.7. The van der Waals surface area contributed by atoms with Crippen LogP contribution in [0.5, 0.6) is 0 Å². The Hall–Kier alpha value is -3.34. The minimum atomic E-state index is -1.50. The molecule has 0 radical (unpaired) electrons. The lowest BCUT2D eigenvalue weighted by Gasteiger charge is -2.07. The number of aromatic amines is 1. The summed E-state index contributed by atoms with van der Waals surface area (Å²) in [5, 5.41) is 30.0. The van der Waals surface area contributed by atoms with E-state index in [1.54, 1.807) is 25.3 Å². The average Bonchev–Trinajstić information content (AvgIpc) is 3.18. The van der Waals surface area contributed by atoms with Gasteiger partial charge in [-0.15, -0.1) is 0 Å². The van der Waals surface area contributed by atoms with Gasteiger partial charge < -0.3 is 20.1 Å². The molecule has 0 saturated carbocycles. The molecule has 2 aromatic heterocycles. The van der Waals surface area contributed by atoms with Crippen molar-refractivity contribution in [2.45, 2.75) is 13.2 Å². The van der Waals surface area contributed by atoms with Crippen LogP contribution in [-0.4, -0.2) is 49.4 Å². The molecule has 0 aliphatic rings. The molecule has 0 spiro atoms. The van der Waals surface area contributed by atoms with Crippen molar-refractivity contribution < 1.29 is 14.8 Å². The van der Waals surface area contributed by atoms with Crippen molar-refractivity contribution >= 4 is 29.4 Å². The van der Waals surface area contributed by atoms with E-state index in [0.29, 0.717) is 36.1 Å². The Labute approximate surface area is 167 Å². The van der Waals surface area contributed by atoms with E-state index in [4.69, 9.17) is 4.74 Å². The van der Waals surface area contributed by atoms with E-state index in [0.717, 1.165) is 22.0 Å². The number of ether oxygens (including phenoxy) is 1. The van der Waals surface area contributed by atoms with Gasteiger partial charge in [-0.05, 0) is 11.0 Å². The maximum absolute atomic E-state index is 9.30. The zero-order chi connectivity index (χ0) is 20.2. The van der Waals surface area contributed by atoms with E-state index in [1.807, 2.05) is 24.3 Å². The van der Waals surface area contributed by atoms with E-state index in [2.05, 4.69) is 30.5 Å². The van der Waals surface area contributed by atoms with E-state index < -0.39 is 7.12 Å². The smallest absolute Gasteiger partial charge is 0.423 e. The fraction of sp³-hybridized carbons (Fsp3) is 0.158. The standard InChI is InChI=1S/C19H19BN6O3/c1-29-10-13-5-3-7-15-16(13)25-26-17(15)18-22-11-23-19(24-18)21-9-12-4-2-6-14(8-12)20(27)28/h2-8,11,27-28H,9-10H2,1H3,(H,25,26)(H,21,22,23,24). The number of nitrogens with one attached hydrogen (secondary N) is 2. The summed E-state index contributed by atoms with van der Waals surface area (Å²) in [5.74, 6) is 0.875. The van der Waals surface area contributed by atoms with Crippen molar-refractivity contribution in [1.29, 1.82) is 0 Å². The van der Waals surface area contributed by atoms with Gasteiger partial charge in [0.1, 0.15) is 12.0 Å².